The number of benzene rings is 2. The molecule has 0 bridgehead atoms. The average molecular weight is 453 g/mol. The van der Waals surface area contributed by atoms with E-state index in [-0.39, 0.29) is 22.2 Å². The molecule has 1 aliphatic rings. The van der Waals surface area contributed by atoms with Crippen molar-refractivity contribution in [2.24, 2.45) is 0 Å². The van der Waals surface area contributed by atoms with Gasteiger partial charge in [-0.15, -0.1) is 0 Å². The number of aromatic nitrogens is 1. The number of carbonyl (C=O) groups is 1. The summed E-state index contributed by atoms with van der Waals surface area (Å²) in [4.78, 5) is 25.9. The molecule has 2 aromatic carbocycles. The Balaban J connectivity index is 1.64. The maximum absolute atomic E-state index is 13.8. The lowest BCUT2D eigenvalue weighted by Gasteiger charge is -2.15. The van der Waals surface area contributed by atoms with Crippen LogP contribution in [-0.2, 0) is 21.4 Å². The lowest BCUT2D eigenvalue weighted by Crippen LogP contribution is -2.33. The molecule has 158 valence electrons. The van der Waals surface area contributed by atoms with Crippen molar-refractivity contribution < 1.29 is 22.0 Å². The van der Waals surface area contributed by atoms with Crippen molar-refractivity contribution in [2.45, 2.75) is 24.3 Å². The summed E-state index contributed by atoms with van der Waals surface area (Å²) < 4.78 is 56.1. The van der Waals surface area contributed by atoms with Crippen molar-refractivity contribution in [1.29, 1.82) is 0 Å². The summed E-state index contributed by atoms with van der Waals surface area (Å²) in [6.07, 6.45) is 1.87. The van der Waals surface area contributed by atoms with Crippen LogP contribution in [0.3, 0.4) is 0 Å². The summed E-state index contributed by atoms with van der Waals surface area (Å²) >= 11 is 0.816. The summed E-state index contributed by atoms with van der Waals surface area (Å²) in [6, 6.07) is 6.40. The Hall–Kier alpha value is -2.79. The van der Waals surface area contributed by atoms with Gasteiger partial charge in [-0.05, 0) is 43.2 Å². The van der Waals surface area contributed by atoms with Crippen molar-refractivity contribution in [2.75, 3.05) is 17.8 Å². The molecule has 1 N–H and O–H groups in total. The van der Waals surface area contributed by atoms with Crippen LogP contribution in [0.15, 0.2) is 46.1 Å². The Bertz CT molecular complexity index is 1290. The van der Waals surface area contributed by atoms with E-state index in [4.69, 9.17) is 0 Å². The molecule has 1 aliphatic heterocycles. The third-order valence-electron chi connectivity index (χ3n) is 4.87. The molecular formula is C19H17F2N3O4S2. The van der Waals surface area contributed by atoms with Gasteiger partial charge in [0.1, 0.15) is 18.2 Å². The van der Waals surface area contributed by atoms with Gasteiger partial charge in [-0.3, -0.25) is 18.9 Å². The van der Waals surface area contributed by atoms with Crippen LogP contribution < -0.4 is 9.60 Å². The standard InChI is InChI=1S/C19H17F2N3O4S2/c20-12-3-5-14(21)15(9-12)22-30(27,28)13-4-6-16-17(10-13)29-19(26)24(16)11-18(25)23-7-1-2-8-23/h3-6,9-10,22H,1-2,7-8,11H2. The highest BCUT2D eigenvalue weighted by molar-refractivity contribution is 7.92. The van der Waals surface area contributed by atoms with E-state index in [2.05, 4.69) is 0 Å². The molecule has 1 amide bonds. The molecule has 1 aromatic heterocycles. The summed E-state index contributed by atoms with van der Waals surface area (Å²) in [6.45, 7) is 1.22. The van der Waals surface area contributed by atoms with Crippen LogP contribution in [0.2, 0.25) is 0 Å². The maximum Gasteiger partial charge on any atom is 0.308 e. The van der Waals surface area contributed by atoms with E-state index in [1.165, 1.54) is 22.8 Å². The zero-order chi connectivity index (χ0) is 21.5. The van der Waals surface area contributed by atoms with Gasteiger partial charge >= 0.3 is 4.87 Å². The van der Waals surface area contributed by atoms with Crippen LogP contribution >= 0.6 is 11.3 Å². The molecular weight excluding hydrogens is 436 g/mol. The van der Waals surface area contributed by atoms with Crippen molar-refractivity contribution >= 4 is 43.2 Å². The van der Waals surface area contributed by atoms with Gasteiger partial charge in [0.2, 0.25) is 5.91 Å². The van der Waals surface area contributed by atoms with Gasteiger partial charge in [-0.25, -0.2) is 17.2 Å². The first-order valence-corrected chi connectivity index (χ1v) is 11.4. The molecule has 1 saturated heterocycles. The van der Waals surface area contributed by atoms with E-state index in [9.17, 15) is 26.8 Å². The molecule has 11 heteroatoms. The minimum Gasteiger partial charge on any atom is -0.341 e. The summed E-state index contributed by atoms with van der Waals surface area (Å²) in [7, 11) is -4.22. The first kappa shape index (κ1) is 20.5. The number of thiazole rings is 1. The van der Waals surface area contributed by atoms with Crippen LogP contribution in [0.5, 0.6) is 0 Å². The number of halogens is 2. The average Bonchev–Trinajstić information content (AvgIpc) is 3.33. The Kier molecular flexibility index (Phi) is 5.33. The van der Waals surface area contributed by atoms with E-state index in [1.807, 2.05) is 4.72 Å². The second-order valence-corrected chi connectivity index (χ2v) is 9.58. The first-order chi connectivity index (χ1) is 14.2. The molecule has 0 aliphatic carbocycles. The third-order valence-corrected chi connectivity index (χ3v) is 7.18. The Morgan fingerprint density at radius 3 is 2.57 bits per heavy atom. The van der Waals surface area contributed by atoms with Crippen LogP contribution in [0.1, 0.15) is 12.8 Å². The number of nitrogens with one attached hydrogen (secondary N) is 1. The Labute approximate surface area is 174 Å². The van der Waals surface area contributed by atoms with Gasteiger partial charge in [0.25, 0.3) is 10.0 Å². The number of carbonyl (C=O) groups excluding carboxylic acids is 1. The van der Waals surface area contributed by atoms with Gasteiger partial charge in [0.15, 0.2) is 0 Å². The summed E-state index contributed by atoms with van der Waals surface area (Å²) in [5.41, 5.74) is -0.0782. The normalized spacial score (nSPS) is 14.4. The number of fused-ring (bicyclic) bond motifs is 1. The van der Waals surface area contributed by atoms with Gasteiger partial charge in [-0.2, -0.15) is 0 Å². The third kappa shape index (κ3) is 3.94. The number of amides is 1. The van der Waals surface area contributed by atoms with Gasteiger partial charge in [0, 0.05) is 19.2 Å². The molecule has 2 heterocycles. The zero-order valence-corrected chi connectivity index (χ0v) is 17.2. The second-order valence-electron chi connectivity index (χ2n) is 6.90. The predicted octanol–water partition coefficient (Wildman–Crippen LogP) is 2.76. The number of rotatable bonds is 5. The molecule has 4 rings (SSSR count). The monoisotopic (exact) mass is 453 g/mol. The summed E-state index contributed by atoms with van der Waals surface area (Å²) in [5.74, 6) is -1.87. The molecule has 0 saturated carbocycles. The predicted molar refractivity (Wildman–Crippen MR) is 109 cm³/mol. The SMILES string of the molecule is O=C(Cn1c(=O)sc2cc(S(=O)(=O)Nc3cc(F)ccc3F)ccc21)N1CCCC1. The second kappa shape index (κ2) is 7.80. The lowest BCUT2D eigenvalue weighted by molar-refractivity contribution is -0.130. The van der Waals surface area contributed by atoms with E-state index < -0.39 is 27.3 Å². The quantitative estimate of drug-likeness (QED) is 0.644. The fraction of sp³-hybridized carbons (Fsp3) is 0.263. The highest BCUT2D eigenvalue weighted by Crippen LogP contribution is 2.25. The molecule has 0 atom stereocenters. The largest absolute Gasteiger partial charge is 0.341 e. The maximum atomic E-state index is 13.8. The first-order valence-electron chi connectivity index (χ1n) is 9.14. The van der Waals surface area contributed by atoms with Crippen LogP contribution in [0.4, 0.5) is 14.5 Å². The fourth-order valence-electron chi connectivity index (χ4n) is 3.34. The molecule has 0 unspecified atom stereocenters. The van der Waals surface area contributed by atoms with E-state index in [0.29, 0.717) is 23.3 Å². The number of likely N-dealkylation sites (tertiary alicyclic amines) is 1. The fourth-order valence-corrected chi connectivity index (χ4v) is 5.43. The molecule has 30 heavy (non-hydrogen) atoms. The molecule has 0 spiro atoms. The van der Waals surface area contributed by atoms with Crippen LogP contribution in [0.25, 0.3) is 10.2 Å². The highest BCUT2D eigenvalue weighted by Gasteiger charge is 2.22. The Morgan fingerprint density at radius 1 is 1.10 bits per heavy atom. The van der Waals surface area contributed by atoms with Crippen LogP contribution in [0, 0.1) is 11.6 Å². The molecule has 0 radical (unpaired) electrons. The number of hydrogen-bond acceptors (Lipinski definition) is 5. The summed E-state index contributed by atoms with van der Waals surface area (Å²) in [5, 5.41) is 0. The van der Waals surface area contributed by atoms with Crippen molar-refractivity contribution in [3.8, 4) is 0 Å². The van der Waals surface area contributed by atoms with E-state index in [0.717, 1.165) is 42.4 Å². The Morgan fingerprint density at radius 2 is 1.83 bits per heavy atom. The van der Waals surface area contributed by atoms with E-state index >= 15 is 0 Å². The molecule has 1 fully saturated rings. The smallest absolute Gasteiger partial charge is 0.308 e. The minimum atomic E-state index is -4.22. The number of anilines is 1. The molecule has 3 aromatic rings. The number of hydrogen-bond donors (Lipinski definition) is 1. The highest BCUT2D eigenvalue weighted by atomic mass is 32.2. The molecule has 7 nitrogen and oxygen atoms in total. The van der Waals surface area contributed by atoms with Crippen molar-refractivity contribution in [3.05, 3.63) is 57.7 Å². The minimum absolute atomic E-state index is 0.113. The zero-order valence-electron chi connectivity index (χ0n) is 15.6. The van der Waals surface area contributed by atoms with Gasteiger partial charge in [0.05, 0.1) is 20.8 Å². The number of sulfonamides is 1. The number of nitrogens with zero attached hydrogens (tertiary/aromatic N) is 2. The lowest BCUT2D eigenvalue weighted by atomic mass is 10.3. The van der Waals surface area contributed by atoms with E-state index in [1.54, 1.807) is 4.90 Å². The topological polar surface area (TPSA) is 88.5 Å². The van der Waals surface area contributed by atoms with Gasteiger partial charge in [-0.1, -0.05) is 11.3 Å². The van der Waals surface area contributed by atoms with Crippen LogP contribution in [-0.4, -0.2) is 36.9 Å². The van der Waals surface area contributed by atoms with Gasteiger partial charge < -0.3 is 4.90 Å². The van der Waals surface area contributed by atoms with Crippen molar-refractivity contribution in [1.82, 2.24) is 9.47 Å². The van der Waals surface area contributed by atoms with Crippen molar-refractivity contribution in [3.63, 3.8) is 0 Å².